The van der Waals surface area contributed by atoms with Crippen LogP contribution in [0.15, 0.2) is 0 Å². The van der Waals surface area contributed by atoms with E-state index in [0.29, 0.717) is 12.1 Å². The largest absolute Gasteiger partial charge is 0.377 e. The summed E-state index contributed by atoms with van der Waals surface area (Å²) in [7, 11) is 2.29. The van der Waals surface area contributed by atoms with Gasteiger partial charge in [-0.3, -0.25) is 0 Å². The van der Waals surface area contributed by atoms with Gasteiger partial charge < -0.3 is 15.0 Å². The van der Waals surface area contributed by atoms with Crippen molar-refractivity contribution < 1.29 is 4.74 Å². The molecule has 3 nitrogen and oxygen atoms in total. The van der Waals surface area contributed by atoms with Crippen LogP contribution in [0.25, 0.3) is 0 Å². The lowest BCUT2D eigenvalue weighted by molar-refractivity contribution is 0.0815. The highest BCUT2D eigenvalue weighted by Crippen LogP contribution is 2.26. The number of likely N-dealkylation sites (N-methyl/N-ethyl adjacent to an activating group) is 1. The lowest BCUT2D eigenvalue weighted by atomic mass is 9.86. The molecule has 0 aromatic rings. The van der Waals surface area contributed by atoms with Crippen molar-refractivity contribution in [1.29, 1.82) is 0 Å². The zero-order valence-corrected chi connectivity index (χ0v) is 13.0. The number of nitrogens with zero attached hydrogens (tertiary/aromatic N) is 1. The molecule has 112 valence electrons. The molecule has 1 aliphatic carbocycles. The van der Waals surface area contributed by atoms with Crippen molar-refractivity contribution >= 4 is 0 Å². The molecular formula is C16H32N2O. The van der Waals surface area contributed by atoms with Crippen molar-refractivity contribution in [2.45, 2.75) is 70.6 Å². The van der Waals surface area contributed by atoms with Gasteiger partial charge in [-0.1, -0.05) is 19.8 Å². The summed E-state index contributed by atoms with van der Waals surface area (Å²) in [5.41, 5.74) is 0. The van der Waals surface area contributed by atoms with Crippen molar-refractivity contribution in [2.24, 2.45) is 5.92 Å². The van der Waals surface area contributed by atoms with Gasteiger partial charge in [0.1, 0.15) is 0 Å². The molecule has 2 fully saturated rings. The van der Waals surface area contributed by atoms with Gasteiger partial charge in [0.25, 0.3) is 0 Å². The van der Waals surface area contributed by atoms with Crippen molar-refractivity contribution in [3.05, 3.63) is 0 Å². The zero-order chi connectivity index (χ0) is 13.7. The Hall–Kier alpha value is -0.120. The van der Waals surface area contributed by atoms with E-state index in [9.17, 15) is 0 Å². The normalized spacial score (nSPS) is 33.8. The second-order valence-electron chi connectivity index (χ2n) is 6.70. The lowest BCUT2D eigenvalue weighted by Crippen LogP contribution is -2.43. The zero-order valence-electron chi connectivity index (χ0n) is 13.0. The minimum absolute atomic E-state index is 0.444. The monoisotopic (exact) mass is 268 g/mol. The summed E-state index contributed by atoms with van der Waals surface area (Å²) in [4.78, 5) is 2.56. The smallest absolute Gasteiger partial charge is 0.0726 e. The molecule has 2 aliphatic rings. The molecule has 2 rings (SSSR count). The summed E-state index contributed by atoms with van der Waals surface area (Å²) >= 11 is 0. The molecule has 1 aliphatic heterocycles. The van der Waals surface area contributed by atoms with Crippen LogP contribution in [0.1, 0.15) is 52.4 Å². The van der Waals surface area contributed by atoms with Gasteiger partial charge in [0.15, 0.2) is 0 Å². The molecule has 4 unspecified atom stereocenters. The maximum Gasteiger partial charge on any atom is 0.0726 e. The van der Waals surface area contributed by atoms with Crippen LogP contribution in [0.3, 0.4) is 0 Å². The highest BCUT2D eigenvalue weighted by atomic mass is 16.5. The summed E-state index contributed by atoms with van der Waals surface area (Å²) in [6.45, 7) is 7.86. The predicted octanol–water partition coefficient (Wildman–Crippen LogP) is 2.65. The first-order valence-electron chi connectivity index (χ1n) is 8.22. The van der Waals surface area contributed by atoms with Crippen LogP contribution in [-0.2, 0) is 4.74 Å². The Bertz CT molecular complexity index is 253. The molecular weight excluding hydrogens is 236 g/mol. The number of nitrogens with one attached hydrogen (secondary N) is 1. The third-order valence-corrected chi connectivity index (χ3v) is 4.99. The maximum absolute atomic E-state index is 5.73. The van der Waals surface area contributed by atoms with E-state index in [0.717, 1.165) is 31.7 Å². The Morgan fingerprint density at radius 3 is 2.79 bits per heavy atom. The Balaban J connectivity index is 1.61. The van der Waals surface area contributed by atoms with Gasteiger partial charge in [-0.15, -0.1) is 0 Å². The summed E-state index contributed by atoms with van der Waals surface area (Å²) in [6, 6.07) is 1.31. The molecule has 0 spiro atoms. The van der Waals surface area contributed by atoms with Crippen molar-refractivity contribution in [2.75, 3.05) is 26.7 Å². The number of hydrogen-bond donors (Lipinski definition) is 1. The summed E-state index contributed by atoms with van der Waals surface area (Å²) < 4.78 is 5.73. The highest BCUT2D eigenvalue weighted by molar-refractivity contribution is 4.79. The van der Waals surface area contributed by atoms with Gasteiger partial charge in [-0.05, 0) is 45.6 Å². The van der Waals surface area contributed by atoms with Gasteiger partial charge in [0.05, 0.1) is 6.10 Å². The third kappa shape index (κ3) is 4.73. The molecule has 4 atom stereocenters. The minimum Gasteiger partial charge on any atom is -0.377 e. The molecule has 0 bridgehead atoms. The van der Waals surface area contributed by atoms with E-state index < -0.39 is 0 Å². The summed E-state index contributed by atoms with van der Waals surface area (Å²) in [6.07, 6.45) is 8.52. The van der Waals surface area contributed by atoms with Crippen molar-refractivity contribution in [3.63, 3.8) is 0 Å². The van der Waals surface area contributed by atoms with E-state index in [1.165, 1.54) is 38.5 Å². The molecule has 1 heterocycles. The van der Waals surface area contributed by atoms with E-state index in [1.807, 2.05) is 0 Å². The Morgan fingerprint density at radius 2 is 2.11 bits per heavy atom. The van der Waals surface area contributed by atoms with Crippen LogP contribution < -0.4 is 5.32 Å². The molecule has 0 aromatic heterocycles. The molecule has 1 saturated heterocycles. The van der Waals surface area contributed by atoms with Crippen LogP contribution in [-0.4, -0.2) is 49.8 Å². The van der Waals surface area contributed by atoms with E-state index in [1.54, 1.807) is 0 Å². The Kier molecular flexibility index (Phi) is 6.11. The van der Waals surface area contributed by atoms with Gasteiger partial charge >= 0.3 is 0 Å². The summed E-state index contributed by atoms with van der Waals surface area (Å²) in [5, 5.41) is 3.64. The highest BCUT2D eigenvalue weighted by Gasteiger charge is 2.24. The van der Waals surface area contributed by atoms with E-state index in [-0.39, 0.29) is 0 Å². The standard InChI is InChI=1S/C16H32N2O/c1-13-6-4-7-15(12-13)18(3)10-9-17-14(2)16-8-5-11-19-16/h13-17H,4-12H2,1-3H3. The SMILES string of the molecule is CC1CCCC(N(C)CCNC(C)C2CCCO2)C1. The molecule has 0 aromatic carbocycles. The Labute approximate surface area is 119 Å². The van der Waals surface area contributed by atoms with Crippen LogP contribution >= 0.6 is 0 Å². The van der Waals surface area contributed by atoms with Gasteiger partial charge in [-0.2, -0.15) is 0 Å². The first-order valence-corrected chi connectivity index (χ1v) is 8.22. The van der Waals surface area contributed by atoms with E-state index in [2.05, 4.69) is 31.1 Å². The molecule has 1 N–H and O–H groups in total. The predicted molar refractivity (Wildman–Crippen MR) is 80.5 cm³/mol. The fraction of sp³-hybridized carbons (Fsp3) is 1.00. The number of ether oxygens (including phenoxy) is 1. The van der Waals surface area contributed by atoms with Crippen molar-refractivity contribution in [3.8, 4) is 0 Å². The lowest BCUT2D eigenvalue weighted by Gasteiger charge is -2.34. The van der Waals surface area contributed by atoms with Crippen LogP contribution in [0, 0.1) is 5.92 Å². The van der Waals surface area contributed by atoms with E-state index in [4.69, 9.17) is 4.74 Å². The third-order valence-electron chi connectivity index (χ3n) is 4.99. The van der Waals surface area contributed by atoms with Crippen molar-refractivity contribution in [1.82, 2.24) is 10.2 Å². The van der Waals surface area contributed by atoms with Crippen LogP contribution in [0.4, 0.5) is 0 Å². The molecule has 3 heteroatoms. The number of hydrogen-bond acceptors (Lipinski definition) is 3. The molecule has 1 saturated carbocycles. The van der Waals surface area contributed by atoms with Gasteiger partial charge in [-0.25, -0.2) is 0 Å². The molecule has 19 heavy (non-hydrogen) atoms. The second kappa shape index (κ2) is 7.61. The maximum atomic E-state index is 5.73. The first kappa shape index (κ1) is 15.3. The van der Waals surface area contributed by atoms with Gasteiger partial charge in [0.2, 0.25) is 0 Å². The molecule has 0 amide bonds. The fourth-order valence-electron chi connectivity index (χ4n) is 3.58. The fourth-order valence-corrected chi connectivity index (χ4v) is 3.58. The van der Waals surface area contributed by atoms with Crippen LogP contribution in [0.5, 0.6) is 0 Å². The number of rotatable bonds is 6. The van der Waals surface area contributed by atoms with Gasteiger partial charge in [0, 0.05) is 31.8 Å². The van der Waals surface area contributed by atoms with E-state index >= 15 is 0 Å². The average molecular weight is 268 g/mol. The topological polar surface area (TPSA) is 24.5 Å². The average Bonchev–Trinajstić information content (AvgIpc) is 2.92. The first-order chi connectivity index (χ1) is 9.16. The molecule has 0 radical (unpaired) electrons. The van der Waals surface area contributed by atoms with Crippen LogP contribution in [0.2, 0.25) is 0 Å². The summed E-state index contributed by atoms with van der Waals surface area (Å²) in [5.74, 6) is 0.917. The second-order valence-corrected chi connectivity index (χ2v) is 6.70. The Morgan fingerprint density at radius 1 is 1.26 bits per heavy atom. The quantitative estimate of drug-likeness (QED) is 0.801. The minimum atomic E-state index is 0.444.